The fourth-order valence-corrected chi connectivity index (χ4v) is 2.71. The fourth-order valence-electron chi connectivity index (χ4n) is 2.71. The normalized spacial score (nSPS) is 16.3. The van der Waals surface area contributed by atoms with Crippen molar-refractivity contribution in [3.63, 3.8) is 0 Å². The molecule has 0 bridgehead atoms. The van der Waals surface area contributed by atoms with Gasteiger partial charge in [0.1, 0.15) is 11.8 Å². The van der Waals surface area contributed by atoms with E-state index >= 15 is 0 Å². The molecule has 0 aromatic heterocycles. The van der Waals surface area contributed by atoms with Gasteiger partial charge in [-0.15, -0.1) is 0 Å². The van der Waals surface area contributed by atoms with Gasteiger partial charge in [0.15, 0.2) is 6.61 Å². The van der Waals surface area contributed by atoms with Gasteiger partial charge in [0.2, 0.25) is 5.91 Å². The molecular weight excluding hydrogens is 264 g/mol. The molecule has 0 atom stereocenters. The van der Waals surface area contributed by atoms with Crippen LogP contribution in [0.1, 0.15) is 44.9 Å². The molecule has 1 N–H and O–H groups in total. The monoisotopic (exact) mass is 286 g/mol. The Morgan fingerprint density at radius 3 is 2.38 bits per heavy atom. The van der Waals surface area contributed by atoms with Gasteiger partial charge in [-0.2, -0.15) is 5.26 Å². The van der Waals surface area contributed by atoms with Gasteiger partial charge < -0.3 is 10.1 Å². The van der Waals surface area contributed by atoms with Crippen LogP contribution in [0.2, 0.25) is 0 Å². The van der Waals surface area contributed by atoms with Crippen LogP contribution >= 0.6 is 0 Å². The van der Waals surface area contributed by atoms with Crippen molar-refractivity contribution in [2.24, 2.45) is 5.92 Å². The highest BCUT2D eigenvalue weighted by molar-refractivity contribution is 5.92. The number of hydrogen-bond acceptors (Lipinski definition) is 3. The Bertz CT molecular complexity index is 483. The van der Waals surface area contributed by atoms with Gasteiger partial charge in [-0.1, -0.05) is 32.1 Å². The first-order valence-corrected chi connectivity index (χ1v) is 7.70. The van der Waals surface area contributed by atoms with E-state index in [1.54, 1.807) is 12.1 Å². The van der Waals surface area contributed by atoms with E-state index in [2.05, 4.69) is 5.32 Å². The zero-order chi connectivity index (χ0) is 14.9. The number of amides is 1. The summed E-state index contributed by atoms with van der Waals surface area (Å²) in [6.07, 6.45) is 8.09. The van der Waals surface area contributed by atoms with Gasteiger partial charge in [-0.25, -0.2) is 0 Å². The van der Waals surface area contributed by atoms with Crippen LogP contribution in [0.15, 0.2) is 24.3 Å². The number of nitriles is 1. The summed E-state index contributed by atoms with van der Waals surface area (Å²) in [5.41, 5.74) is 0.784. The van der Waals surface area contributed by atoms with Crippen molar-refractivity contribution >= 4 is 11.6 Å². The highest BCUT2D eigenvalue weighted by Crippen LogP contribution is 2.24. The minimum Gasteiger partial charge on any atom is -0.479 e. The Labute approximate surface area is 126 Å². The summed E-state index contributed by atoms with van der Waals surface area (Å²) >= 11 is 0. The van der Waals surface area contributed by atoms with Crippen LogP contribution in [0.3, 0.4) is 0 Å². The van der Waals surface area contributed by atoms with E-state index in [1.807, 2.05) is 18.2 Å². The smallest absolute Gasteiger partial charge is 0.227 e. The first-order chi connectivity index (χ1) is 10.3. The zero-order valence-electron chi connectivity index (χ0n) is 12.3. The van der Waals surface area contributed by atoms with Crippen molar-refractivity contribution in [2.45, 2.75) is 44.9 Å². The van der Waals surface area contributed by atoms with Crippen LogP contribution in [-0.4, -0.2) is 12.5 Å². The molecule has 0 unspecified atom stereocenters. The first-order valence-electron chi connectivity index (χ1n) is 7.70. The highest BCUT2D eigenvalue weighted by Gasteiger charge is 2.19. The Morgan fingerprint density at radius 1 is 1.14 bits per heavy atom. The van der Waals surface area contributed by atoms with Crippen molar-refractivity contribution in [1.29, 1.82) is 5.26 Å². The number of rotatable bonds is 4. The summed E-state index contributed by atoms with van der Waals surface area (Å²) in [4.78, 5) is 12.3. The first kappa shape index (κ1) is 15.4. The molecule has 1 aliphatic carbocycles. The van der Waals surface area contributed by atoms with Gasteiger partial charge in [-0.05, 0) is 37.1 Å². The number of nitrogens with one attached hydrogen (secondary N) is 1. The quantitative estimate of drug-likeness (QED) is 0.913. The van der Waals surface area contributed by atoms with Crippen LogP contribution in [0, 0.1) is 17.2 Å². The van der Waals surface area contributed by atoms with Crippen molar-refractivity contribution in [3.8, 4) is 11.8 Å². The largest absolute Gasteiger partial charge is 0.479 e. The van der Waals surface area contributed by atoms with E-state index in [1.165, 1.54) is 19.3 Å². The van der Waals surface area contributed by atoms with Crippen molar-refractivity contribution in [1.82, 2.24) is 0 Å². The van der Waals surface area contributed by atoms with Crippen LogP contribution in [0.5, 0.6) is 5.75 Å². The maximum Gasteiger partial charge on any atom is 0.227 e. The third-order valence-corrected chi connectivity index (χ3v) is 3.90. The summed E-state index contributed by atoms with van der Waals surface area (Å²) in [5, 5.41) is 11.4. The maximum absolute atomic E-state index is 12.3. The topological polar surface area (TPSA) is 62.1 Å². The summed E-state index contributed by atoms with van der Waals surface area (Å²) in [7, 11) is 0. The van der Waals surface area contributed by atoms with Crippen LogP contribution in [0.25, 0.3) is 0 Å². The number of carbonyl (C=O) groups is 1. The SMILES string of the molecule is N#CCOc1ccc(NC(=O)C2CCCCCCC2)cc1. The number of benzene rings is 1. The molecule has 2 rings (SSSR count). The van der Waals surface area contributed by atoms with Gasteiger partial charge in [0.25, 0.3) is 0 Å². The van der Waals surface area contributed by atoms with Gasteiger partial charge >= 0.3 is 0 Å². The second-order valence-electron chi connectivity index (χ2n) is 5.50. The lowest BCUT2D eigenvalue weighted by Crippen LogP contribution is -2.23. The van der Waals surface area contributed by atoms with E-state index in [9.17, 15) is 4.79 Å². The molecule has 0 heterocycles. The number of hydrogen-bond donors (Lipinski definition) is 1. The molecule has 0 radical (unpaired) electrons. The van der Waals surface area contributed by atoms with Gasteiger partial charge in [-0.3, -0.25) is 4.79 Å². The van der Waals surface area contributed by atoms with E-state index in [4.69, 9.17) is 10.00 Å². The van der Waals surface area contributed by atoms with E-state index in [0.717, 1.165) is 31.4 Å². The molecule has 1 fully saturated rings. The molecule has 0 aliphatic heterocycles. The molecule has 0 spiro atoms. The van der Waals surface area contributed by atoms with Crippen molar-refractivity contribution in [2.75, 3.05) is 11.9 Å². The Kier molecular flexibility index (Phi) is 6.08. The summed E-state index contributed by atoms with van der Waals surface area (Å²) in [6.45, 7) is 0.0355. The molecule has 1 saturated carbocycles. The second-order valence-corrected chi connectivity index (χ2v) is 5.50. The maximum atomic E-state index is 12.3. The molecule has 4 heteroatoms. The Morgan fingerprint density at radius 2 is 1.76 bits per heavy atom. The summed E-state index contributed by atoms with van der Waals surface area (Å²) in [6, 6.07) is 9.09. The highest BCUT2D eigenvalue weighted by atomic mass is 16.5. The lowest BCUT2D eigenvalue weighted by molar-refractivity contribution is -0.120. The molecular formula is C17H22N2O2. The predicted molar refractivity (Wildman–Crippen MR) is 82.0 cm³/mol. The lowest BCUT2D eigenvalue weighted by Gasteiger charge is -2.19. The number of carbonyl (C=O) groups excluding carboxylic acids is 1. The zero-order valence-corrected chi connectivity index (χ0v) is 12.3. The molecule has 4 nitrogen and oxygen atoms in total. The minimum atomic E-state index is 0.0355. The third kappa shape index (κ3) is 5.11. The summed E-state index contributed by atoms with van der Waals surface area (Å²) < 4.78 is 5.19. The van der Waals surface area contributed by atoms with Crippen molar-refractivity contribution < 1.29 is 9.53 Å². The number of ether oxygens (including phenoxy) is 1. The fraction of sp³-hybridized carbons (Fsp3) is 0.529. The summed E-state index contributed by atoms with van der Waals surface area (Å²) in [5.74, 6) is 0.905. The minimum absolute atomic E-state index is 0.0355. The molecule has 1 aliphatic rings. The lowest BCUT2D eigenvalue weighted by atomic mass is 9.90. The standard InChI is InChI=1S/C17H22N2O2/c18-12-13-21-16-10-8-15(9-11-16)19-17(20)14-6-4-2-1-3-5-7-14/h8-11,14H,1-7,13H2,(H,19,20). The number of anilines is 1. The molecule has 1 aromatic rings. The molecule has 1 aromatic carbocycles. The van der Waals surface area contributed by atoms with E-state index < -0.39 is 0 Å². The average Bonchev–Trinajstić information content (AvgIpc) is 2.46. The molecule has 112 valence electrons. The molecule has 1 amide bonds. The van der Waals surface area contributed by atoms with Gasteiger partial charge in [0, 0.05) is 11.6 Å². The van der Waals surface area contributed by atoms with Crippen LogP contribution < -0.4 is 10.1 Å². The second kappa shape index (κ2) is 8.31. The van der Waals surface area contributed by atoms with E-state index in [0.29, 0.717) is 5.75 Å². The van der Waals surface area contributed by atoms with E-state index in [-0.39, 0.29) is 18.4 Å². The van der Waals surface area contributed by atoms with Crippen molar-refractivity contribution in [3.05, 3.63) is 24.3 Å². The predicted octanol–water partition coefficient (Wildman–Crippen LogP) is 3.89. The van der Waals surface area contributed by atoms with Gasteiger partial charge in [0.05, 0.1) is 0 Å². The Hall–Kier alpha value is -2.02. The average molecular weight is 286 g/mol. The molecule has 0 saturated heterocycles. The van der Waals surface area contributed by atoms with Crippen LogP contribution in [0.4, 0.5) is 5.69 Å². The molecule has 21 heavy (non-hydrogen) atoms. The third-order valence-electron chi connectivity index (χ3n) is 3.90. The Balaban J connectivity index is 1.87. The number of nitrogens with zero attached hydrogens (tertiary/aromatic N) is 1. The van der Waals surface area contributed by atoms with Crippen LogP contribution in [-0.2, 0) is 4.79 Å².